The van der Waals surface area contributed by atoms with Gasteiger partial charge in [0.05, 0.1) is 5.56 Å². The summed E-state index contributed by atoms with van der Waals surface area (Å²) in [6.45, 7) is 1.01. The van der Waals surface area contributed by atoms with Crippen molar-refractivity contribution in [2.45, 2.75) is 25.8 Å². The van der Waals surface area contributed by atoms with Gasteiger partial charge in [-0.15, -0.1) is 0 Å². The van der Waals surface area contributed by atoms with Crippen LogP contribution >= 0.6 is 0 Å². The number of imidazole rings is 1. The molecule has 0 unspecified atom stereocenters. The van der Waals surface area contributed by atoms with Crippen LogP contribution in [0.15, 0.2) is 30.5 Å². The summed E-state index contributed by atoms with van der Waals surface area (Å²) in [6.07, 6.45) is 5.47. The third kappa shape index (κ3) is 1.40. The number of nitrogens with zero attached hydrogens (tertiary/aromatic N) is 2. The maximum atomic E-state index is 9.83. The van der Waals surface area contributed by atoms with E-state index in [1.807, 2.05) is 24.4 Å². The maximum Gasteiger partial charge on any atom is 0.143 e. The molecule has 1 aliphatic rings. The van der Waals surface area contributed by atoms with Crippen LogP contribution in [-0.2, 0) is 13.0 Å². The molecule has 1 aliphatic heterocycles. The molecule has 0 radical (unpaired) electrons. The Kier molecular flexibility index (Phi) is 2.17. The summed E-state index contributed by atoms with van der Waals surface area (Å²) >= 11 is 0. The van der Waals surface area contributed by atoms with Crippen LogP contribution in [0.25, 0.3) is 11.4 Å². The molecule has 0 saturated carbocycles. The highest BCUT2D eigenvalue weighted by Crippen LogP contribution is 2.30. The Morgan fingerprint density at radius 2 is 2.06 bits per heavy atom. The number of hydrogen-bond donors (Lipinski definition) is 1. The van der Waals surface area contributed by atoms with Crippen molar-refractivity contribution >= 4 is 0 Å². The van der Waals surface area contributed by atoms with Crippen molar-refractivity contribution in [1.29, 1.82) is 0 Å². The summed E-state index contributed by atoms with van der Waals surface area (Å²) in [4.78, 5) is 4.43. The Labute approximate surface area is 94.4 Å². The standard InChI is InChI=1S/C13H14N2O/c16-12-7-2-1-6-11(12)13-14-9-10-5-3-4-8-15(10)13/h1-2,6-7,9,16H,3-5,8H2. The minimum atomic E-state index is 0.307. The summed E-state index contributed by atoms with van der Waals surface area (Å²) in [5, 5.41) is 9.83. The molecule has 16 heavy (non-hydrogen) atoms. The number of benzene rings is 1. The largest absolute Gasteiger partial charge is 0.507 e. The Balaban J connectivity index is 2.13. The molecule has 1 N–H and O–H groups in total. The predicted octanol–water partition coefficient (Wildman–Crippen LogP) is 2.59. The molecular formula is C13H14N2O. The van der Waals surface area contributed by atoms with Crippen molar-refractivity contribution < 1.29 is 5.11 Å². The average molecular weight is 214 g/mol. The first-order valence-corrected chi connectivity index (χ1v) is 5.69. The van der Waals surface area contributed by atoms with E-state index in [9.17, 15) is 5.11 Å². The molecule has 2 aromatic rings. The summed E-state index contributed by atoms with van der Waals surface area (Å²) < 4.78 is 2.22. The highest BCUT2D eigenvalue weighted by Gasteiger charge is 2.16. The van der Waals surface area contributed by atoms with Crippen LogP contribution in [-0.4, -0.2) is 14.7 Å². The van der Waals surface area contributed by atoms with Crippen molar-refractivity contribution in [1.82, 2.24) is 9.55 Å². The number of aryl methyl sites for hydroxylation is 1. The quantitative estimate of drug-likeness (QED) is 0.792. The van der Waals surface area contributed by atoms with Gasteiger partial charge in [-0.05, 0) is 31.4 Å². The van der Waals surface area contributed by atoms with Crippen molar-refractivity contribution in [3.63, 3.8) is 0 Å². The minimum absolute atomic E-state index is 0.307. The predicted molar refractivity (Wildman–Crippen MR) is 62.3 cm³/mol. The molecule has 2 heterocycles. The monoisotopic (exact) mass is 214 g/mol. The fraction of sp³-hybridized carbons (Fsp3) is 0.308. The highest BCUT2D eigenvalue weighted by molar-refractivity contribution is 5.64. The molecule has 82 valence electrons. The van der Waals surface area contributed by atoms with Crippen LogP contribution in [0.5, 0.6) is 5.75 Å². The first-order chi connectivity index (χ1) is 7.86. The van der Waals surface area contributed by atoms with Gasteiger partial charge in [-0.3, -0.25) is 0 Å². The van der Waals surface area contributed by atoms with E-state index in [-0.39, 0.29) is 0 Å². The van der Waals surface area contributed by atoms with E-state index in [1.165, 1.54) is 18.5 Å². The molecule has 0 fully saturated rings. The molecule has 3 nitrogen and oxygen atoms in total. The summed E-state index contributed by atoms with van der Waals surface area (Å²) in [5.74, 6) is 1.20. The first-order valence-electron chi connectivity index (χ1n) is 5.69. The first kappa shape index (κ1) is 9.46. The average Bonchev–Trinajstić information content (AvgIpc) is 2.74. The molecular weight excluding hydrogens is 200 g/mol. The van der Waals surface area contributed by atoms with E-state index in [2.05, 4.69) is 9.55 Å². The van der Waals surface area contributed by atoms with Crippen molar-refractivity contribution in [2.75, 3.05) is 0 Å². The van der Waals surface area contributed by atoms with E-state index >= 15 is 0 Å². The SMILES string of the molecule is Oc1ccccc1-c1ncc2n1CCCC2. The smallest absolute Gasteiger partial charge is 0.143 e. The molecule has 0 aliphatic carbocycles. The lowest BCUT2D eigenvalue weighted by molar-refractivity contribution is 0.475. The van der Waals surface area contributed by atoms with Gasteiger partial charge < -0.3 is 9.67 Å². The van der Waals surface area contributed by atoms with Gasteiger partial charge >= 0.3 is 0 Å². The number of aromatic hydroxyl groups is 1. The molecule has 0 saturated heterocycles. The normalized spacial score (nSPS) is 14.8. The highest BCUT2D eigenvalue weighted by atomic mass is 16.3. The van der Waals surface area contributed by atoms with Gasteiger partial charge in [-0.25, -0.2) is 4.98 Å². The Bertz CT molecular complexity index is 516. The number of hydrogen-bond acceptors (Lipinski definition) is 2. The van der Waals surface area contributed by atoms with Gasteiger partial charge in [0.2, 0.25) is 0 Å². The van der Waals surface area contributed by atoms with Gasteiger partial charge in [0, 0.05) is 18.4 Å². The van der Waals surface area contributed by atoms with E-state index in [1.54, 1.807) is 6.07 Å². The minimum Gasteiger partial charge on any atom is -0.507 e. The lowest BCUT2D eigenvalue weighted by Crippen LogP contribution is -2.10. The fourth-order valence-electron chi connectivity index (χ4n) is 2.31. The summed E-state index contributed by atoms with van der Waals surface area (Å²) in [7, 11) is 0. The van der Waals surface area contributed by atoms with Crippen molar-refractivity contribution in [3.05, 3.63) is 36.2 Å². The lowest BCUT2D eigenvalue weighted by atomic mass is 10.1. The third-order valence-electron chi connectivity index (χ3n) is 3.15. The zero-order chi connectivity index (χ0) is 11.0. The molecule has 0 atom stereocenters. The van der Waals surface area contributed by atoms with Crippen molar-refractivity contribution in [3.8, 4) is 17.1 Å². The number of phenols is 1. The molecule has 0 amide bonds. The topological polar surface area (TPSA) is 38.1 Å². The van der Waals surface area contributed by atoms with E-state index in [4.69, 9.17) is 0 Å². The molecule has 1 aromatic heterocycles. The zero-order valence-corrected chi connectivity index (χ0v) is 9.06. The number of phenolic OH excluding ortho intramolecular Hbond substituents is 1. The Hall–Kier alpha value is -1.77. The van der Waals surface area contributed by atoms with Crippen LogP contribution in [0, 0.1) is 0 Å². The van der Waals surface area contributed by atoms with Crippen molar-refractivity contribution in [2.24, 2.45) is 0 Å². The molecule has 0 spiro atoms. The molecule has 3 rings (SSSR count). The van der Waals surface area contributed by atoms with Crippen LogP contribution in [0.2, 0.25) is 0 Å². The number of aromatic nitrogens is 2. The molecule has 1 aromatic carbocycles. The Morgan fingerprint density at radius 1 is 1.19 bits per heavy atom. The van der Waals surface area contributed by atoms with Gasteiger partial charge in [-0.2, -0.15) is 0 Å². The van der Waals surface area contributed by atoms with Crippen LogP contribution in [0.4, 0.5) is 0 Å². The second-order valence-corrected chi connectivity index (χ2v) is 4.20. The van der Waals surface area contributed by atoms with Crippen LogP contribution in [0.1, 0.15) is 18.5 Å². The number of rotatable bonds is 1. The maximum absolute atomic E-state index is 9.83. The van der Waals surface area contributed by atoms with E-state index in [0.717, 1.165) is 24.4 Å². The molecule has 0 bridgehead atoms. The van der Waals surface area contributed by atoms with Crippen LogP contribution < -0.4 is 0 Å². The molecule has 3 heteroatoms. The van der Waals surface area contributed by atoms with Gasteiger partial charge in [0.15, 0.2) is 0 Å². The summed E-state index contributed by atoms with van der Waals surface area (Å²) in [5.41, 5.74) is 2.11. The Morgan fingerprint density at radius 3 is 2.94 bits per heavy atom. The van der Waals surface area contributed by atoms with E-state index < -0.39 is 0 Å². The van der Waals surface area contributed by atoms with Gasteiger partial charge in [0.25, 0.3) is 0 Å². The second kappa shape index (κ2) is 3.67. The van der Waals surface area contributed by atoms with Gasteiger partial charge in [-0.1, -0.05) is 12.1 Å². The number of fused-ring (bicyclic) bond motifs is 1. The second-order valence-electron chi connectivity index (χ2n) is 4.20. The van der Waals surface area contributed by atoms with Gasteiger partial charge in [0.1, 0.15) is 11.6 Å². The summed E-state index contributed by atoms with van der Waals surface area (Å²) in [6, 6.07) is 7.39. The van der Waals surface area contributed by atoms with E-state index in [0.29, 0.717) is 5.75 Å². The van der Waals surface area contributed by atoms with Crippen LogP contribution in [0.3, 0.4) is 0 Å². The number of para-hydroxylation sites is 1. The lowest BCUT2D eigenvalue weighted by Gasteiger charge is -2.16. The zero-order valence-electron chi connectivity index (χ0n) is 9.06. The third-order valence-corrected chi connectivity index (χ3v) is 3.15. The fourth-order valence-corrected chi connectivity index (χ4v) is 2.31.